The van der Waals surface area contributed by atoms with Crippen LogP contribution in [0.5, 0.6) is 5.75 Å². The fourth-order valence-electron chi connectivity index (χ4n) is 0.963. The van der Waals surface area contributed by atoms with E-state index in [1.54, 1.807) is 12.1 Å². The SMILES string of the molecule is COc1cc(S)ccc1S(C)(=O)=O. The molecule has 0 radical (unpaired) electrons. The van der Waals surface area contributed by atoms with E-state index in [0.29, 0.717) is 10.6 Å². The highest BCUT2D eigenvalue weighted by Crippen LogP contribution is 2.25. The topological polar surface area (TPSA) is 43.4 Å². The van der Waals surface area contributed by atoms with Crippen LogP contribution in [0.4, 0.5) is 0 Å². The van der Waals surface area contributed by atoms with E-state index in [4.69, 9.17) is 4.74 Å². The maximum absolute atomic E-state index is 11.2. The van der Waals surface area contributed by atoms with E-state index in [1.807, 2.05) is 0 Å². The van der Waals surface area contributed by atoms with E-state index in [1.165, 1.54) is 13.2 Å². The monoisotopic (exact) mass is 218 g/mol. The first-order valence-electron chi connectivity index (χ1n) is 3.52. The van der Waals surface area contributed by atoms with Crippen molar-refractivity contribution in [2.75, 3.05) is 13.4 Å². The minimum atomic E-state index is -3.22. The van der Waals surface area contributed by atoms with E-state index >= 15 is 0 Å². The van der Waals surface area contributed by atoms with Crippen LogP contribution in [0, 0.1) is 0 Å². The van der Waals surface area contributed by atoms with Gasteiger partial charge in [-0.3, -0.25) is 0 Å². The van der Waals surface area contributed by atoms with Crippen LogP contribution in [0.1, 0.15) is 0 Å². The van der Waals surface area contributed by atoms with Crippen molar-refractivity contribution in [2.24, 2.45) is 0 Å². The molecule has 0 saturated carbocycles. The number of rotatable bonds is 2. The zero-order chi connectivity index (χ0) is 10.1. The van der Waals surface area contributed by atoms with Gasteiger partial charge in [0.2, 0.25) is 0 Å². The minimum Gasteiger partial charge on any atom is -0.495 e. The summed E-state index contributed by atoms with van der Waals surface area (Å²) in [4.78, 5) is 0.858. The predicted molar refractivity (Wildman–Crippen MR) is 53.4 cm³/mol. The fraction of sp³-hybridized carbons (Fsp3) is 0.250. The number of methoxy groups -OCH3 is 1. The van der Waals surface area contributed by atoms with Gasteiger partial charge in [0, 0.05) is 11.2 Å². The summed E-state index contributed by atoms with van der Waals surface area (Å²) in [5.74, 6) is 0.329. The Morgan fingerprint density at radius 2 is 2.00 bits per heavy atom. The molecule has 0 atom stereocenters. The summed E-state index contributed by atoms with van der Waals surface area (Å²) in [6, 6.07) is 4.66. The lowest BCUT2D eigenvalue weighted by molar-refractivity contribution is 0.401. The molecule has 0 bridgehead atoms. The zero-order valence-electron chi connectivity index (χ0n) is 7.31. The van der Waals surface area contributed by atoms with Gasteiger partial charge in [-0.15, -0.1) is 12.6 Å². The lowest BCUT2D eigenvalue weighted by Crippen LogP contribution is -2.00. The number of thiol groups is 1. The van der Waals surface area contributed by atoms with Gasteiger partial charge in [0.25, 0.3) is 0 Å². The van der Waals surface area contributed by atoms with Gasteiger partial charge in [-0.1, -0.05) is 0 Å². The van der Waals surface area contributed by atoms with Crippen molar-refractivity contribution in [1.82, 2.24) is 0 Å². The van der Waals surface area contributed by atoms with Gasteiger partial charge < -0.3 is 4.74 Å². The van der Waals surface area contributed by atoms with Crippen LogP contribution in [0.25, 0.3) is 0 Å². The van der Waals surface area contributed by atoms with Gasteiger partial charge in [-0.2, -0.15) is 0 Å². The molecule has 0 aliphatic carbocycles. The Labute approximate surface area is 83.1 Å². The molecule has 0 unspecified atom stereocenters. The molecule has 1 rings (SSSR count). The summed E-state index contributed by atoms with van der Waals surface area (Å²) in [5, 5.41) is 0. The molecule has 0 amide bonds. The van der Waals surface area contributed by atoms with Crippen molar-refractivity contribution in [3.8, 4) is 5.75 Å². The van der Waals surface area contributed by atoms with Crippen molar-refractivity contribution in [3.63, 3.8) is 0 Å². The molecule has 0 aliphatic heterocycles. The number of ether oxygens (including phenoxy) is 1. The predicted octanol–water partition coefficient (Wildman–Crippen LogP) is 1.39. The number of benzene rings is 1. The second kappa shape index (κ2) is 3.59. The summed E-state index contributed by atoms with van der Waals surface area (Å²) < 4.78 is 27.4. The van der Waals surface area contributed by atoms with Crippen molar-refractivity contribution < 1.29 is 13.2 Å². The molecule has 0 aromatic heterocycles. The zero-order valence-corrected chi connectivity index (χ0v) is 9.02. The first-order chi connectivity index (χ1) is 5.95. The smallest absolute Gasteiger partial charge is 0.179 e. The largest absolute Gasteiger partial charge is 0.495 e. The number of hydrogen-bond donors (Lipinski definition) is 1. The fourth-order valence-corrected chi connectivity index (χ4v) is 1.98. The van der Waals surface area contributed by atoms with Gasteiger partial charge in [0.05, 0.1) is 7.11 Å². The Morgan fingerprint density at radius 1 is 1.38 bits per heavy atom. The lowest BCUT2D eigenvalue weighted by atomic mass is 10.3. The van der Waals surface area contributed by atoms with Crippen molar-refractivity contribution in [3.05, 3.63) is 18.2 Å². The van der Waals surface area contributed by atoms with E-state index in [0.717, 1.165) is 6.26 Å². The normalized spacial score (nSPS) is 11.3. The lowest BCUT2D eigenvalue weighted by Gasteiger charge is -2.06. The second-order valence-corrected chi connectivity index (χ2v) is 5.11. The molecule has 1 aromatic rings. The molecule has 1 aromatic carbocycles. The minimum absolute atomic E-state index is 0.188. The van der Waals surface area contributed by atoms with Gasteiger partial charge in [0.15, 0.2) is 9.84 Å². The van der Waals surface area contributed by atoms with Crippen LogP contribution >= 0.6 is 12.6 Å². The Balaban J connectivity index is 3.39. The maximum Gasteiger partial charge on any atom is 0.179 e. The Kier molecular flexibility index (Phi) is 2.87. The maximum atomic E-state index is 11.2. The summed E-state index contributed by atoms with van der Waals surface area (Å²) in [6.07, 6.45) is 1.14. The molecule has 0 aliphatic rings. The van der Waals surface area contributed by atoms with Crippen LogP contribution in [0.3, 0.4) is 0 Å². The molecular weight excluding hydrogens is 208 g/mol. The summed E-state index contributed by atoms with van der Waals surface area (Å²) in [7, 11) is -1.79. The van der Waals surface area contributed by atoms with Crippen LogP contribution < -0.4 is 4.74 Å². The Hall–Kier alpha value is -0.680. The van der Waals surface area contributed by atoms with E-state index < -0.39 is 9.84 Å². The second-order valence-electron chi connectivity index (χ2n) is 2.61. The third-order valence-corrected chi connectivity index (χ3v) is 2.96. The van der Waals surface area contributed by atoms with Crippen LogP contribution in [-0.4, -0.2) is 21.8 Å². The molecular formula is C8H10O3S2. The quantitative estimate of drug-likeness (QED) is 0.763. The highest BCUT2D eigenvalue weighted by atomic mass is 32.2. The molecule has 0 N–H and O–H groups in total. The molecule has 3 nitrogen and oxygen atoms in total. The van der Waals surface area contributed by atoms with E-state index in [9.17, 15) is 8.42 Å². The number of hydrogen-bond acceptors (Lipinski definition) is 4. The Bertz CT molecular complexity index is 409. The van der Waals surface area contributed by atoms with Crippen molar-refractivity contribution in [2.45, 2.75) is 9.79 Å². The van der Waals surface area contributed by atoms with Gasteiger partial charge in [0.1, 0.15) is 10.6 Å². The van der Waals surface area contributed by atoms with E-state index in [-0.39, 0.29) is 4.90 Å². The van der Waals surface area contributed by atoms with Crippen LogP contribution in [0.2, 0.25) is 0 Å². The molecule has 13 heavy (non-hydrogen) atoms. The molecule has 0 heterocycles. The first-order valence-corrected chi connectivity index (χ1v) is 5.86. The van der Waals surface area contributed by atoms with Gasteiger partial charge in [-0.25, -0.2) is 8.42 Å². The average molecular weight is 218 g/mol. The van der Waals surface area contributed by atoms with Crippen LogP contribution in [-0.2, 0) is 9.84 Å². The Morgan fingerprint density at radius 3 is 2.46 bits per heavy atom. The first kappa shape index (κ1) is 10.4. The number of sulfone groups is 1. The third kappa shape index (κ3) is 2.38. The molecule has 72 valence electrons. The standard InChI is InChI=1S/C8H10O3S2/c1-11-7-5-6(12)3-4-8(7)13(2,9)10/h3-5,12H,1-2H3. The van der Waals surface area contributed by atoms with Crippen LogP contribution in [0.15, 0.2) is 28.0 Å². The van der Waals surface area contributed by atoms with Gasteiger partial charge >= 0.3 is 0 Å². The van der Waals surface area contributed by atoms with Crippen molar-refractivity contribution in [1.29, 1.82) is 0 Å². The molecule has 0 fully saturated rings. The average Bonchev–Trinajstić information content (AvgIpc) is 2.01. The highest BCUT2D eigenvalue weighted by Gasteiger charge is 2.13. The summed E-state index contributed by atoms with van der Waals surface area (Å²) in [6.45, 7) is 0. The molecule has 5 heteroatoms. The van der Waals surface area contributed by atoms with Crippen molar-refractivity contribution >= 4 is 22.5 Å². The summed E-state index contributed by atoms with van der Waals surface area (Å²) >= 11 is 4.08. The third-order valence-electron chi connectivity index (χ3n) is 1.55. The molecule has 0 saturated heterocycles. The highest BCUT2D eigenvalue weighted by molar-refractivity contribution is 7.90. The molecule has 0 spiro atoms. The summed E-state index contributed by atoms with van der Waals surface area (Å²) in [5.41, 5.74) is 0. The van der Waals surface area contributed by atoms with E-state index in [2.05, 4.69) is 12.6 Å². The van der Waals surface area contributed by atoms with Gasteiger partial charge in [-0.05, 0) is 18.2 Å².